The van der Waals surface area contributed by atoms with Crippen molar-refractivity contribution in [2.24, 2.45) is 5.92 Å². The number of carbonyl (C=O) groups excluding carboxylic acids is 2. The second-order valence-corrected chi connectivity index (χ2v) is 8.98. The van der Waals surface area contributed by atoms with Crippen molar-refractivity contribution in [1.82, 2.24) is 10.2 Å². The van der Waals surface area contributed by atoms with E-state index >= 15 is 0 Å². The van der Waals surface area contributed by atoms with E-state index in [9.17, 15) is 14.7 Å². The van der Waals surface area contributed by atoms with Crippen LogP contribution in [0.3, 0.4) is 0 Å². The lowest BCUT2D eigenvalue weighted by atomic mass is 9.84. The molecule has 2 N–H and O–H groups in total. The van der Waals surface area contributed by atoms with Crippen LogP contribution in [0.25, 0.3) is 6.08 Å². The van der Waals surface area contributed by atoms with Crippen LogP contribution in [0.5, 0.6) is 0 Å². The molecule has 1 heterocycles. The van der Waals surface area contributed by atoms with E-state index in [1.807, 2.05) is 54.6 Å². The predicted octanol–water partition coefficient (Wildman–Crippen LogP) is 3.83. The van der Waals surface area contributed by atoms with E-state index in [0.29, 0.717) is 31.6 Å². The van der Waals surface area contributed by atoms with Gasteiger partial charge >= 0.3 is 0 Å². The fourth-order valence-corrected chi connectivity index (χ4v) is 4.01. The molecule has 1 saturated carbocycles. The van der Waals surface area contributed by atoms with Crippen molar-refractivity contribution in [2.45, 2.75) is 31.3 Å². The highest BCUT2D eigenvalue weighted by Gasteiger charge is 2.37. The quantitative estimate of drug-likeness (QED) is 0.655. The number of benzene rings is 2. The maximum Gasteiger partial charge on any atom is 0.270 e. The number of amides is 2. The second-order valence-electron chi connectivity index (χ2n) is 8.06. The molecule has 2 aliphatic rings. The smallest absolute Gasteiger partial charge is 0.270 e. The molecule has 156 valence electrons. The normalized spacial score (nSPS) is 18.7. The molecular weight excluding hydrogens is 444 g/mol. The first-order valence-corrected chi connectivity index (χ1v) is 11.1. The zero-order valence-corrected chi connectivity index (χ0v) is 18.3. The summed E-state index contributed by atoms with van der Waals surface area (Å²) in [7, 11) is 0. The van der Waals surface area contributed by atoms with E-state index in [4.69, 9.17) is 0 Å². The molecule has 30 heavy (non-hydrogen) atoms. The monoisotopic (exact) mass is 468 g/mol. The molecule has 1 aliphatic carbocycles. The summed E-state index contributed by atoms with van der Waals surface area (Å²) in [4.78, 5) is 27.3. The van der Waals surface area contributed by atoms with E-state index in [2.05, 4.69) is 21.2 Å². The SMILES string of the molecule is O=C(N/C(=C\c1ccccc1)C(=O)N1CCC(O)(c2ccc(Br)cc2)CC1)C1CC1. The molecule has 2 amide bonds. The van der Waals surface area contributed by atoms with E-state index < -0.39 is 5.60 Å². The van der Waals surface area contributed by atoms with Crippen molar-refractivity contribution in [1.29, 1.82) is 0 Å². The number of piperidine rings is 1. The first-order chi connectivity index (χ1) is 14.4. The zero-order valence-electron chi connectivity index (χ0n) is 16.7. The average Bonchev–Trinajstić information content (AvgIpc) is 3.60. The summed E-state index contributed by atoms with van der Waals surface area (Å²) in [6.45, 7) is 0.855. The van der Waals surface area contributed by atoms with Gasteiger partial charge in [-0.25, -0.2) is 0 Å². The van der Waals surface area contributed by atoms with Crippen LogP contribution in [0.15, 0.2) is 64.8 Å². The molecule has 2 aromatic carbocycles. The number of aliphatic hydroxyl groups is 1. The number of nitrogens with zero attached hydrogens (tertiary/aromatic N) is 1. The molecule has 6 heteroatoms. The summed E-state index contributed by atoms with van der Waals surface area (Å²) < 4.78 is 0.963. The van der Waals surface area contributed by atoms with Gasteiger partial charge in [0, 0.05) is 23.5 Å². The molecule has 0 radical (unpaired) electrons. The summed E-state index contributed by atoms with van der Waals surface area (Å²) in [6.07, 6.45) is 4.40. The minimum atomic E-state index is -0.946. The third-order valence-electron chi connectivity index (χ3n) is 5.81. The maximum atomic E-state index is 13.2. The lowest BCUT2D eigenvalue weighted by Crippen LogP contribution is -2.47. The van der Waals surface area contributed by atoms with E-state index in [-0.39, 0.29) is 17.7 Å². The van der Waals surface area contributed by atoms with Crippen LogP contribution in [0.1, 0.15) is 36.8 Å². The summed E-state index contributed by atoms with van der Waals surface area (Å²) in [5, 5.41) is 13.9. The molecule has 5 nitrogen and oxygen atoms in total. The van der Waals surface area contributed by atoms with Gasteiger partial charge in [-0.15, -0.1) is 0 Å². The molecule has 1 aliphatic heterocycles. The highest BCUT2D eigenvalue weighted by atomic mass is 79.9. The predicted molar refractivity (Wildman–Crippen MR) is 119 cm³/mol. The number of hydrogen-bond donors (Lipinski definition) is 2. The number of hydrogen-bond acceptors (Lipinski definition) is 3. The molecule has 0 spiro atoms. The molecular formula is C24H25BrN2O3. The van der Waals surface area contributed by atoms with Gasteiger partial charge in [-0.1, -0.05) is 58.4 Å². The van der Waals surface area contributed by atoms with E-state index in [1.54, 1.807) is 11.0 Å². The van der Waals surface area contributed by atoms with Crippen LogP contribution in [-0.2, 0) is 15.2 Å². The molecule has 0 aromatic heterocycles. The fourth-order valence-electron chi connectivity index (χ4n) is 3.75. The molecule has 0 unspecified atom stereocenters. The van der Waals surface area contributed by atoms with Crippen LogP contribution in [0.4, 0.5) is 0 Å². The summed E-state index contributed by atoms with van der Waals surface area (Å²) >= 11 is 3.42. The van der Waals surface area contributed by atoms with Gasteiger partial charge in [0.1, 0.15) is 5.70 Å². The number of nitrogens with one attached hydrogen (secondary N) is 1. The largest absolute Gasteiger partial charge is 0.385 e. The molecule has 4 rings (SSSR count). The highest BCUT2D eigenvalue weighted by molar-refractivity contribution is 9.10. The van der Waals surface area contributed by atoms with Gasteiger partial charge < -0.3 is 15.3 Å². The van der Waals surface area contributed by atoms with Crippen molar-refractivity contribution < 1.29 is 14.7 Å². The fraction of sp³-hybridized carbons (Fsp3) is 0.333. The topological polar surface area (TPSA) is 69.6 Å². The number of halogens is 1. The third-order valence-corrected chi connectivity index (χ3v) is 6.34. The lowest BCUT2D eigenvalue weighted by Gasteiger charge is -2.38. The Hall–Kier alpha value is -2.44. The van der Waals surface area contributed by atoms with Crippen molar-refractivity contribution in [3.8, 4) is 0 Å². The maximum absolute atomic E-state index is 13.2. The molecule has 2 fully saturated rings. The Kier molecular flexibility index (Phi) is 6.06. The summed E-state index contributed by atoms with van der Waals surface area (Å²) in [6, 6.07) is 17.2. The Balaban J connectivity index is 1.48. The van der Waals surface area contributed by atoms with Gasteiger partial charge in [0.15, 0.2) is 0 Å². The molecule has 1 saturated heterocycles. The van der Waals surface area contributed by atoms with Gasteiger partial charge in [-0.2, -0.15) is 0 Å². The second kappa shape index (κ2) is 8.74. The van der Waals surface area contributed by atoms with E-state index in [1.165, 1.54) is 0 Å². The molecule has 2 aromatic rings. The molecule has 0 atom stereocenters. The average molecular weight is 469 g/mol. The summed E-state index contributed by atoms with van der Waals surface area (Å²) in [5.74, 6) is -0.277. The van der Waals surface area contributed by atoms with Gasteiger partial charge in [-0.05, 0) is 55.0 Å². The minimum Gasteiger partial charge on any atom is -0.385 e. The first-order valence-electron chi connectivity index (χ1n) is 10.3. The van der Waals surface area contributed by atoms with Crippen molar-refractivity contribution in [2.75, 3.05) is 13.1 Å². The Labute approximate surface area is 184 Å². The first kappa shape index (κ1) is 20.8. The van der Waals surface area contributed by atoms with Crippen molar-refractivity contribution >= 4 is 33.8 Å². The minimum absolute atomic E-state index is 0.0147. The van der Waals surface area contributed by atoms with Crippen LogP contribution < -0.4 is 5.32 Å². The Bertz CT molecular complexity index is 944. The Morgan fingerprint density at radius 2 is 1.67 bits per heavy atom. The zero-order chi connectivity index (χ0) is 21.1. The van der Waals surface area contributed by atoms with Crippen LogP contribution in [-0.4, -0.2) is 34.9 Å². The van der Waals surface area contributed by atoms with E-state index in [0.717, 1.165) is 28.4 Å². The van der Waals surface area contributed by atoms with Crippen LogP contribution >= 0.6 is 15.9 Å². The number of carbonyl (C=O) groups is 2. The van der Waals surface area contributed by atoms with Gasteiger partial charge in [0.2, 0.25) is 5.91 Å². The Morgan fingerprint density at radius 1 is 1.03 bits per heavy atom. The number of likely N-dealkylation sites (tertiary alicyclic amines) is 1. The lowest BCUT2D eigenvalue weighted by molar-refractivity contribution is -0.133. The van der Waals surface area contributed by atoms with Crippen LogP contribution in [0.2, 0.25) is 0 Å². The standard InChI is InChI=1S/C24H25BrN2O3/c25-20-10-8-19(9-11-20)24(30)12-14-27(15-13-24)23(29)21(26-22(28)18-6-7-18)16-17-4-2-1-3-5-17/h1-5,8-11,16,18,30H,6-7,12-15H2,(H,26,28)/b21-16-. The van der Waals surface area contributed by atoms with Gasteiger partial charge in [0.25, 0.3) is 5.91 Å². The van der Waals surface area contributed by atoms with Crippen molar-refractivity contribution in [3.63, 3.8) is 0 Å². The van der Waals surface area contributed by atoms with Crippen molar-refractivity contribution in [3.05, 3.63) is 75.9 Å². The highest BCUT2D eigenvalue weighted by Crippen LogP contribution is 2.34. The van der Waals surface area contributed by atoms with Gasteiger partial charge in [0.05, 0.1) is 5.60 Å². The third kappa shape index (κ3) is 4.82. The number of rotatable bonds is 5. The Morgan fingerprint density at radius 3 is 2.27 bits per heavy atom. The summed E-state index contributed by atoms with van der Waals surface area (Å²) in [5.41, 5.74) is 1.07. The van der Waals surface area contributed by atoms with Gasteiger partial charge in [-0.3, -0.25) is 9.59 Å². The molecule has 0 bridgehead atoms. The van der Waals surface area contributed by atoms with Crippen LogP contribution in [0, 0.1) is 5.92 Å².